The van der Waals surface area contributed by atoms with Crippen LogP contribution in [0, 0.1) is 6.92 Å². The van der Waals surface area contributed by atoms with Crippen molar-refractivity contribution in [3.8, 4) is 0 Å². The molecule has 1 N–H and O–H groups in total. The fraction of sp³-hybridized carbons (Fsp3) is 0.571. The molecular weight excluding hydrogens is 406 g/mol. The summed E-state index contributed by atoms with van der Waals surface area (Å²) < 4.78 is 8.72. The second kappa shape index (κ2) is 8.76. The van der Waals surface area contributed by atoms with E-state index in [1.165, 1.54) is 5.69 Å². The number of nitrogens with one attached hydrogen (secondary N) is 1. The van der Waals surface area contributed by atoms with Gasteiger partial charge >= 0.3 is 5.97 Å². The first-order valence-corrected chi connectivity index (χ1v) is 10.6. The van der Waals surface area contributed by atoms with Crippen LogP contribution in [0.5, 0.6) is 0 Å². The Morgan fingerprint density at radius 1 is 1.26 bits per heavy atom. The molecule has 3 heterocycles. The third-order valence-electron chi connectivity index (χ3n) is 5.27. The fourth-order valence-corrected chi connectivity index (χ4v) is 4.32. The lowest BCUT2D eigenvalue weighted by atomic mass is 9.95. The molecule has 2 aromatic heterocycles. The lowest BCUT2D eigenvalue weighted by Gasteiger charge is -2.29. The Hall–Kier alpha value is -1.37. The maximum absolute atomic E-state index is 12.6. The zero-order valence-electron chi connectivity index (χ0n) is 16.7. The van der Waals surface area contributed by atoms with Crippen LogP contribution in [-0.4, -0.2) is 54.1 Å². The number of nitrogens with zero attached hydrogens (tertiary/aromatic N) is 2. The Balaban J connectivity index is 1.91. The highest BCUT2D eigenvalue weighted by molar-refractivity contribution is 9.10. The zero-order valence-corrected chi connectivity index (χ0v) is 18.3. The quantitative estimate of drug-likeness (QED) is 0.697. The van der Waals surface area contributed by atoms with Crippen molar-refractivity contribution in [3.63, 3.8) is 0 Å². The maximum Gasteiger partial charge on any atom is 0.338 e. The summed E-state index contributed by atoms with van der Waals surface area (Å²) in [5.41, 5.74) is 3.91. The Morgan fingerprint density at radius 2 is 1.96 bits per heavy atom. The summed E-state index contributed by atoms with van der Waals surface area (Å²) in [7, 11) is 0. The molecule has 1 aliphatic rings. The van der Waals surface area contributed by atoms with Crippen LogP contribution in [0.4, 0.5) is 0 Å². The van der Waals surface area contributed by atoms with Gasteiger partial charge in [-0.1, -0.05) is 6.92 Å². The molecule has 1 atom stereocenters. The van der Waals surface area contributed by atoms with Gasteiger partial charge < -0.3 is 19.4 Å². The van der Waals surface area contributed by atoms with Gasteiger partial charge in [-0.15, -0.1) is 0 Å². The van der Waals surface area contributed by atoms with E-state index in [1.807, 2.05) is 26.8 Å². The smallest absolute Gasteiger partial charge is 0.338 e. The molecule has 0 spiro atoms. The van der Waals surface area contributed by atoms with Crippen LogP contribution in [0.2, 0.25) is 0 Å². The molecule has 0 aliphatic carbocycles. The number of aromatic nitrogens is 1. The first kappa shape index (κ1) is 20.4. The van der Waals surface area contributed by atoms with E-state index in [1.54, 1.807) is 0 Å². The number of fused-ring (bicyclic) bond motifs is 1. The van der Waals surface area contributed by atoms with Crippen LogP contribution in [0.15, 0.2) is 22.8 Å². The SMILES string of the molecule is Cc1c(C(=O)OC(C)C)cc2cc(Br)cn2c1C(C)CCN1CCNCC1. The van der Waals surface area contributed by atoms with E-state index in [2.05, 4.69) is 49.7 Å². The Morgan fingerprint density at radius 3 is 2.63 bits per heavy atom. The molecule has 0 amide bonds. The van der Waals surface area contributed by atoms with Gasteiger partial charge in [0.25, 0.3) is 0 Å². The van der Waals surface area contributed by atoms with E-state index < -0.39 is 0 Å². The van der Waals surface area contributed by atoms with Gasteiger partial charge in [0.2, 0.25) is 0 Å². The van der Waals surface area contributed by atoms with Crippen molar-refractivity contribution in [2.24, 2.45) is 0 Å². The van der Waals surface area contributed by atoms with Crippen molar-refractivity contribution >= 4 is 27.4 Å². The number of carbonyl (C=O) groups excluding carboxylic acids is 1. The average molecular weight is 436 g/mol. The van der Waals surface area contributed by atoms with Crippen molar-refractivity contribution in [2.75, 3.05) is 32.7 Å². The summed E-state index contributed by atoms with van der Waals surface area (Å²) in [5, 5.41) is 3.40. The van der Waals surface area contributed by atoms with Crippen LogP contribution in [0.1, 0.15) is 54.7 Å². The van der Waals surface area contributed by atoms with E-state index in [9.17, 15) is 4.79 Å². The molecule has 1 aliphatic heterocycles. The number of pyridine rings is 1. The molecule has 0 bridgehead atoms. The van der Waals surface area contributed by atoms with Gasteiger partial charge in [0.15, 0.2) is 0 Å². The standard InChI is InChI=1S/C21H30BrN3O2/c1-14(2)27-21(26)19-12-18-11-17(22)13-25(18)20(16(19)4)15(3)5-8-24-9-6-23-7-10-24/h11-15,23H,5-10H2,1-4H3. The lowest BCUT2D eigenvalue weighted by Crippen LogP contribution is -2.44. The monoisotopic (exact) mass is 435 g/mol. The van der Waals surface area contributed by atoms with Crippen LogP contribution >= 0.6 is 15.9 Å². The van der Waals surface area contributed by atoms with Crippen LogP contribution in [-0.2, 0) is 4.74 Å². The predicted molar refractivity (Wildman–Crippen MR) is 113 cm³/mol. The molecule has 3 rings (SSSR count). The van der Waals surface area contributed by atoms with E-state index >= 15 is 0 Å². The van der Waals surface area contributed by atoms with Crippen LogP contribution in [0.3, 0.4) is 0 Å². The van der Waals surface area contributed by atoms with Crippen molar-refractivity contribution in [3.05, 3.63) is 39.6 Å². The first-order chi connectivity index (χ1) is 12.9. The summed E-state index contributed by atoms with van der Waals surface area (Å²) in [6, 6.07) is 4.00. The van der Waals surface area contributed by atoms with E-state index in [0.29, 0.717) is 11.5 Å². The fourth-order valence-electron chi connectivity index (χ4n) is 3.88. The highest BCUT2D eigenvalue weighted by Crippen LogP contribution is 2.30. The minimum atomic E-state index is -0.238. The van der Waals surface area contributed by atoms with Crippen LogP contribution < -0.4 is 5.32 Å². The third kappa shape index (κ3) is 4.73. The van der Waals surface area contributed by atoms with E-state index in [0.717, 1.165) is 54.7 Å². The summed E-state index contributed by atoms with van der Waals surface area (Å²) in [6.45, 7) is 13.5. The number of carbonyl (C=O) groups is 1. The Kier molecular flexibility index (Phi) is 6.61. The summed E-state index contributed by atoms with van der Waals surface area (Å²) in [6.07, 6.45) is 3.03. The molecule has 0 saturated carbocycles. The van der Waals surface area contributed by atoms with Crippen molar-refractivity contribution in [1.82, 2.24) is 14.6 Å². The molecule has 1 saturated heterocycles. The number of esters is 1. The molecule has 148 valence electrons. The predicted octanol–water partition coefficient (Wildman–Crippen LogP) is 3.97. The maximum atomic E-state index is 12.6. The molecule has 27 heavy (non-hydrogen) atoms. The lowest BCUT2D eigenvalue weighted by molar-refractivity contribution is 0.0377. The molecule has 6 heteroatoms. The number of halogens is 1. The van der Waals surface area contributed by atoms with Crippen LogP contribution in [0.25, 0.3) is 5.52 Å². The second-order valence-corrected chi connectivity index (χ2v) is 8.67. The van der Waals surface area contributed by atoms with E-state index in [4.69, 9.17) is 4.74 Å². The largest absolute Gasteiger partial charge is 0.459 e. The average Bonchev–Trinajstić information content (AvgIpc) is 2.99. The minimum absolute atomic E-state index is 0.125. The molecule has 2 aromatic rings. The molecule has 5 nitrogen and oxygen atoms in total. The molecule has 1 unspecified atom stereocenters. The summed E-state index contributed by atoms with van der Waals surface area (Å²) >= 11 is 3.58. The number of hydrogen-bond donors (Lipinski definition) is 1. The summed E-state index contributed by atoms with van der Waals surface area (Å²) in [5.74, 6) is 0.103. The summed E-state index contributed by atoms with van der Waals surface area (Å²) in [4.78, 5) is 15.2. The van der Waals surface area contributed by atoms with Gasteiger partial charge in [-0.25, -0.2) is 4.79 Å². The second-order valence-electron chi connectivity index (χ2n) is 7.76. The molecule has 0 aromatic carbocycles. The first-order valence-electron chi connectivity index (χ1n) is 9.82. The van der Waals surface area contributed by atoms with Gasteiger partial charge in [-0.3, -0.25) is 0 Å². The van der Waals surface area contributed by atoms with Gasteiger partial charge in [0, 0.05) is 48.1 Å². The van der Waals surface area contributed by atoms with Gasteiger partial charge in [0.1, 0.15) is 0 Å². The number of hydrogen-bond acceptors (Lipinski definition) is 4. The number of ether oxygens (including phenoxy) is 1. The third-order valence-corrected chi connectivity index (χ3v) is 5.71. The van der Waals surface area contributed by atoms with Crippen molar-refractivity contribution < 1.29 is 9.53 Å². The molecule has 0 radical (unpaired) electrons. The van der Waals surface area contributed by atoms with Gasteiger partial charge in [-0.2, -0.15) is 0 Å². The van der Waals surface area contributed by atoms with Crippen molar-refractivity contribution in [2.45, 2.75) is 46.1 Å². The number of piperazine rings is 1. The topological polar surface area (TPSA) is 46.0 Å². The highest BCUT2D eigenvalue weighted by Gasteiger charge is 2.22. The zero-order chi connectivity index (χ0) is 19.6. The van der Waals surface area contributed by atoms with Gasteiger partial charge in [-0.05, 0) is 73.3 Å². The molecular formula is C21H30BrN3O2. The minimum Gasteiger partial charge on any atom is -0.459 e. The Bertz CT molecular complexity index is 809. The normalized spacial score (nSPS) is 16.8. The molecule has 1 fully saturated rings. The Labute approximate surface area is 170 Å². The van der Waals surface area contributed by atoms with Gasteiger partial charge in [0.05, 0.1) is 11.7 Å². The highest BCUT2D eigenvalue weighted by atomic mass is 79.9. The van der Waals surface area contributed by atoms with Crippen molar-refractivity contribution in [1.29, 1.82) is 0 Å². The number of rotatable bonds is 6. The van der Waals surface area contributed by atoms with E-state index in [-0.39, 0.29) is 12.1 Å².